The second kappa shape index (κ2) is 8.34. The topological polar surface area (TPSA) is 64.1 Å². The zero-order valence-electron chi connectivity index (χ0n) is 13.3. The Morgan fingerprint density at radius 1 is 1.28 bits per heavy atom. The third kappa shape index (κ3) is 5.09. The molecule has 0 aliphatic heterocycles. The van der Waals surface area contributed by atoms with Gasteiger partial charge in [0.25, 0.3) is 5.91 Å². The second-order valence-electron chi connectivity index (χ2n) is 5.23. The molecule has 1 N–H and O–H groups in total. The standard InChI is InChI=1S/C18H16FN3O2S/c19-14-4-1-3-13(9-14)18(23)21-8-6-15-12-25-17(22-15)11-24-16-5-2-7-20-10-16/h1-5,7,9-10,12H,6,8,11H2,(H,21,23). The van der Waals surface area contributed by atoms with Crippen LogP contribution in [0.15, 0.2) is 54.2 Å². The summed E-state index contributed by atoms with van der Waals surface area (Å²) in [5, 5.41) is 5.56. The Kier molecular flexibility index (Phi) is 5.69. The van der Waals surface area contributed by atoms with Gasteiger partial charge in [0, 0.05) is 30.1 Å². The lowest BCUT2D eigenvalue weighted by Crippen LogP contribution is -2.25. The molecule has 0 radical (unpaired) electrons. The quantitative estimate of drug-likeness (QED) is 0.705. The van der Waals surface area contributed by atoms with Crippen LogP contribution >= 0.6 is 11.3 Å². The number of thiazole rings is 1. The highest BCUT2D eigenvalue weighted by Gasteiger charge is 2.07. The van der Waals surface area contributed by atoms with Gasteiger partial charge in [-0.15, -0.1) is 11.3 Å². The highest BCUT2D eigenvalue weighted by molar-refractivity contribution is 7.09. The van der Waals surface area contributed by atoms with Crippen molar-refractivity contribution in [2.45, 2.75) is 13.0 Å². The van der Waals surface area contributed by atoms with Gasteiger partial charge in [0.15, 0.2) is 0 Å². The molecule has 3 rings (SSSR count). The average molecular weight is 357 g/mol. The number of carbonyl (C=O) groups is 1. The van der Waals surface area contributed by atoms with Crippen LogP contribution in [0.5, 0.6) is 5.75 Å². The molecule has 0 unspecified atom stereocenters. The van der Waals surface area contributed by atoms with Crippen molar-refractivity contribution in [2.24, 2.45) is 0 Å². The molecule has 0 aliphatic carbocycles. The summed E-state index contributed by atoms with van der Waals surface area (Å²) in [6, 6.07) is 9.26. The zero-order chi connectivity index (χ0) is 17.5. The van der Waals surface area contributed by atoms with Crippen LogP contribution in [0.1, 0.15) is 21.1 Å². The van der Waals surface area contributed by atoms with E-state index < -0.39 is 5.82 Å². The first-order valence-electron chi connectivity index (χ1n) is 7.70. The van der Waals surface area contributed by atoms with Gasteiger partial charge in [-0.05, 0) is 30.3 Å². The first-order chi connectivity index (χ1) is 12.2. The van der Waals surface area contributed by atoms with Crippen LogP contribution in [0.25, 0.3) is 0 Å². The van der Waals surface area contributed by atoms with Crippen molar-refractivity contribution in [2.75, 3.05) is 6.54 Å². The number of rotatable bonds is 7. The van der Waals surface area contributed by atoms with Crippen molar-refractivity contribution < 1.29 is 13.9 Å². The molecule has 25 heavy (non-hydrogen) atoms. The average Bonchev–Trinajstić information content (AvgIpc) is 3.08. The monoisotopic (exact) mass is 357 g/mol. The lowest BCUT2D eigenvalue weighted by molar-refractivity contribution is 0.0953. The van der Waals surface area contributed by atoms with Crippen LogP contribution in [-0.4, -0.2) is 22.4 Å². The van der Waals surface area contributed by atoms with Gasteiger partial charge in [0.1, 0.15) is 23.2 Å². The summed E-state index contributed by atoms with van der Waals surface area (Å²) < 4.78 is 18.7. The number of halogens is 1. The van der Waals surface area contributed by atoms with Crippen molar-refractivity contribution in [1.82, 2.24) is 15.3 Å². The van der Waals surface area contributed by atoms with Gasteiger partial charge < -0.3 is 10.1 Å². The molecule has 7 heteroatoms. The van der Waals surface area contributed by atoms with Crippen LogP contribution in [0, 0.1) is 5.82 Å². The Morgan fingerprint density at radius 3 is 3.00 bits per heavy atom. The summed E-state index contributed by atoms with van der Waals surface area (Å²) in [6.45, 7) is 0.813. The van der Waals surface area contributed by atoms with Crippen molar-refractivity contribution in [3.63, 3.8) is 0 Å². The lowest BCUT2D eigenvalue weighted by atomic mass is 10.2. The van der Waals surface area contributed by atoms with Gasteiger partial charge in [0.05, 0.1) is 11.9 Å². The number of hydrogen-bond donors (Lipinski definition) is 1. The first-order valence-corrected chi connectivity index (χ1v) is 8.58. The van der Waals surface area contributed by atoms with Crippen molar-refractivity contribution >= 4 is 17.2 Å². The van der Waals surface area contributed by atoms with Gasteiger partial charge in [0.2, 0.25) is 0 Å². The van der Waals surface area contributed by atoms with E-state index in [0.29, 0.717) is 30.9 Å². The number of benzene rings is 1. The van der Waals surface area contributed by atoms with E-state index in [1.54, 1.807) is 18.5 Å². The van der Waals surface area contributed by atoms with Gasteiger partial charge in [-0.25, -0.2) is 9.37 Å². The molecule has 3 aromatic rings. The van der Waals surface area contributed by atoms with E-state index in [9.17, 15) is 9.18 Å². The minimum Gasteiger partial charge on any atom is -0.485 e. The molecule has 0 atom stereocenters. The zero-order valence-corrected chi connectivity index (χ0v) is 14.1. The maximum atomic E-state index is 13.1. The number of nitrogens with one attached hydrogen (secondary N) is 1. The van der Waals surface area contributed by atoms with E-state index in [2.05, 4.69) is 15.3 Å². The molecule has 0 saturated heterocycles. The Hall–Kier alpha value is -2.80. The molecule has 0 aliphatic rings. The largest absolute Gasteiger partial charge is 0.485 e. The summed E-state index contributed by atoms with van der Waals surface area (Å²) >= 11 is 1.51. The predicted octanol–water partition coefficient (Wildman–Crippen LogP) is 3.23. The molecule has 0 saturated carbocycles. The Bertz CT molecular complexity index is 839. The van der Waals surface area contributed by atoms with E-state index in [1.807, 2.05) is 17.5 Å². The van der Waals surface area contributed by atoms with Crippen molar-refractivity contribution in [3.8, 4) is 5.75 Å². The summed E-state index contributed by atoms with van der Waals surface area (Å²) in [4.78, 5) is 20.4. The number of hydrogen-bond acceptors (Lipinski definition) is 5. The number of nitrogens with zero attached hydrogens (tertiary/aromatic N) is 2. The smallest absolute Gasteiger partial charge is 0.251 e. The van der Waals surface area contributed by atoms with Gasteiger partial charge in [-0.3, -0.25) is 9.78 Å². The number of ether oxygens (including phenoxy) is 1. The number of pyridine rings is 1. The predicted molar refractivity (Wildman–Crippen MR) is 93.1 cm³/mol. The van der Waals surface area contributed by atoms with Gasteiger partial charge >= 0.3 is 0 Å². The fourth-order valence-electron chi connectivity index (χ4n) is 2.14. The highest BCUT2D eigenvalue weighted by Crippen LogP contribution is 2.14. The highest BCUT2D eigenvalue weighted by atomic mass is 32.1. The van der Waals surface area contributed by atoms with Crippen molar-refractivity contribution in [3.05, 3.63) is 76.3 Å². The van der Waals surface area contributed by atoms with E-state index >= 15 is 0 Å². The Labute approximate surface area is 148 Å². The van der Waals surface area contributed by atoms with Gasteiger partial charge in [-0.1, -0.05) is 6.07 Å². The summed E-state index contributed by atoms with van der Waals surface area (Å²) in [5.41, 5.74) is 1.19. The molecule has 5 nitrogen and oxygen atoms in total. The molecule has 1 amide bonds. The molecule has 0 bridgehead atoms. The van der Waals surface area contributed by atoms with Crippen LogP contribution in [0.2, 0.25) is 0 Å². The molecular formula is C18H16FN3O2S. The molecule has 0 fully saturated rings. The molecular weight excluding hydrogens is 341 g/mol. The van der Waals surface area contributed by atoms with Gasteiger partial charge in [-0.2, -0.15) is 0 Å². The lowest BCUT2D eigenvalue weighted by Gasteiger charge is -2.04. The molecule has 2 aromatic heterocycles. The normalized spacial score (nSPS) is 10.4. The maximum Gasteiger partial charge on any atom is 0.251 e. The second-order valence-corrected chi connectivity index (χ2v) is 6.17. The fourth-order valence-corrected chi connectivity index (χ4v) is 2.88. The van der Waals surface area contributed by atoms with E-state index in [0.717, 1.165) is 10.7 Å². The molecule has 2 heterocycles. The van der Waals surface area contributed by atoms with E-state index in [-0.39, 0.29) is 5.91 Å². The van der Waals surface area contributed by atoms with Crippen LogP contribution < -0.4 is 10.1 Å². The van der Waals surface area contributed by atoms with Crippen molar-refractivity contribution in [1.29, 1.82) is 0 Å². The third-order valence-electron chi connectivity index (χ3n) is 3.35. The Morgan fingerprint density at radius 2 is 2.20 bits per heavy atom. The molecule has 1 aromatic carbocycles. The number of carbonyl (C=O) groups excluding carboxylic acids is 1. The Balaban J connectivity index is 1.45. The minimum atomic E-state index is -0.426. The van der Waals surface area contributed by atoms with Crippen LogP contribution in [0.4, 0.5) is 4.39 Å². The van der Waals surface area contributed by atoms with E-state index in [1.165, 1.54) is 29.5 Å². The number of amides is 1. The molecule has 128 valence electrons. The van der Waals surface area contributed by atoms with Crippen LogP contribution in [-0.2, 0) is 13.0 Å². The summed E-state index contributed by atoms with van der Waals surface area (Å²) in [6.07, 6.45) is 3.94. The summed E-state index contributed by atoms with van der Waals surface area (Å²) in [5.74, 6) is -0.0260. The number of aromatic nitrogens is 2. The molecule has 0 spiro atoms. The SMILES string of the molecule is O=C(NCCc1csc(COc2cccnc2)n1)c1cccc(F)c1. The first kappa shape index (κ1) is 17.0. The minimum absolute atomic E-state index is 0.296. The summed E-state index contributed by atoms with van der Waals surface area (Å²) in [7, 11) is 0. The third-order valence-corrected chi connectivity index (χ3v) is 4.22. The van der Waals surface area contributed by atoms with Crippen LogP contribution in [0.3, 0.4) is 0 Å². The fraction of sp³-hybridized carbons (Fsp3) is 0.167. The van der Waals surface area contributed by atoms with E-state index in [4.69, 9.17) is 4.74 Å². The maximum absolute atomic E-state index is 13.1.